The molecule has 2 aromatic heterocycles. The van der Waals surface area contributed by atoms with Gasteiger partial charge in [-0.3, -0.25) is 0 Å². The average molecular weight is 658 g/mol. The Kier molecular flexibility index (Phi) is 5.62. The van der Waals surface area contributed by atoms with Crippen molar-refractivity contribution in [2.45, 2.75) is 6.42 Å². The fourth-order valence-electron chi connectivity index (χ4n) is 9.51. The van der Waals surface area contributed by atoms with E-state index in [1.165, 1.54) is 115 Å². The van der Waals surface area contributed by atoms with Crippen LogP contribution in [0.4, 0.5) is 0 Å². The summed E-state index contributed by atoms with van der Waals surface area (Å²) in [5.41, 5.74) is 11.5. The molecule has 0 atom stereocenters. The zero-order valence-corrected chi connectivity index (χ0v) is 28.4. The van der Waals surface area contributed by atoms with Crippen LogP contribution in [0.2, 0.25) is 0 Å². The third-order valence-corrected chi connectivity index (χ3v) is 11.7. The van der Waals surface area contributed by atoms with Gasteiger partial charge in [0.05, 0.1) is 16.6 Å². The molecule has 1 heteroatoms. The Balaban J connectivity index is 1.17. The standard InChI is InChI=1S/C51H31N/c1-2-16-37-34(11-1)30-45(39-18-4-3-17-38(37)39)33-13-7-12-31(27-33)32-25-26-48-46(29-32)44-23-10-22-43-42-21-9-15-36-28-35-14-8-20-41(49(35)50(36)42)40-19-5-6-24-47(40)52(48)51(43)44/h1-27,29-30H,28H2. The van der Waals surface area contributed by atoms with Gasteiger partial charge >= 0.3 is 0 Å². The Morgan fingerprint density at radius 2 is 0.885 bits per heavy atom. The normalized spacial score (nSPS) is 12.5. The van der Waals surface area contributed by atoms with Gasteiger partial charge in [0.15, 0.2) is 0 Å². The largest absolute Gasteiger partial charge is 0.308 e. The van der Waals surface area contributed by atoms with Crippen molar-refractivity contribution in [2.24, 2.45) is 0 Å². The number of nitrogens with zero attached hydrogens (tertiary/aromatic N) is 1. The molecule has 0 amide bonds. The van der Waals surface area contributed by atoms with Crippen LogP contribution in [-0.4, -0.2) is 4.40 Å². The first-order valence-electron chi connectivity index (χ1n) is 18.2. The van der Waals surface area contributed by atoms with E-state index in [-0.39, 0.29) is 0 Å². The minimum Gasteiger partial charge on any atom is -0.308 e. The smallest absolute Gasteiger partial charge is 0.0619 e. The molecule has 52 heavy (non-hydrogen) atoms. The lowest BCUT2D eigenvalue weighted by molar-refractivity contribution is 1.27. The van der Waals surface area contributed by atoms with Crippen LogP contribution >= 0.6 is 0 Å². The van der Waals surface area contributed by atoms with Gasteiger partial charge in [-0.1, -0.05) is 146 Å². The molecule has 0 saturated heterocycles. The van der Waals surface area contributed by atoms with Crippen molar-refractivity contribution in [3.05, 3.63) is 187 Å². The highest BCUT2D eigenvalue weighted by molar-refractivity contribution is 6.27. The number of hydrogen-bond donors (Lipinski definition) is 0. The summed E-state index contributed by atoms with van der Waals surface area (Å²) in [6.07, 6.45) is 0.977. The maximum atomic E-state index is 2.54. The Morgan fingerprint density at radius 1 is 0.327 bits per heavy atom. The van der Waals surface area contributed by atoms with Crippen LogP contribution in [0.1, 0.15) is 11.1 Å². The van der Waals surface area contributed by atoms with Gasteiger partial charge in [0.1, 0.15) is 0 Å². The third kappa shape index (κ3) is 3.77. The molecule has 0 bridgehead atoms. The summed E-state index contributed by atoms with van der Waals surface area (Å²) in [4.78, 5) is 0. The van der Waals surface area contributed by atoms with Crippen LogP contribution in [0.25, 0.3) is 103 Å². The molecular formula is C51H31N. The summed E-state index contributed by atoms with van der Waals surface area (Å²) in [6, 6.07) is 65.8. The van der Waals surface area contributed by atoms with Gasteiger partial charge in [-0.05, 0) is 113 Å². The molecule has 240 valence electrons. The lowest BCUT2D eigenvalue weighted by atomic mass is 9.91. The van der Waals surface area contributed by atoms with Crippen LogP contribution in [0.5, 0.6) is 0 Å². The van der Waals surface area contributed by atoms with Gasteiger partial charge in [0, 0.05) is 21.5 Å². The summed E-state index contributed by atoms with van der Waals surface area (Å²) >= 11 is 0. The Hall–Kier alpha value is -6.70. The number of fused-ring (bicyclic) bond motifs is 10. The van der Waals surface area contributed by atoms with Crippen LogP contribution in [0.3, 0.4) is 0 Å². The summed E-state index contributed by atoms with van der Waals surface area (Å²) in [6.45, 7) is 0. The topological polar surface area (TPSA) is 4.41 Å². The van der Waals surface area contributed by atoms with Crippen molar-refractivity contribution < 1.29 is 0 Å². The molecule has 0 spiro atoms. The van der Waals surface area contributed by atoms with E-state index in [1.807, 2.05) is 0 Å². The third-order valence-electron chi connectivity index (χ3n) is 11.7. The van der Waals surface area contributed by atoms with E-state index >= 15 is 0 Å². The molecule has 11 aromatic rings. The molecular weight excluding hydrogens is 627 g/mol. The molecule has 9 aromatic carbocycles. The predicted octanol–water partition coefficient (Wildman–Crippen LogP) is 13.8. The first kappa shape index (κ1) is 28.0. The zero-order chi connectivity index (χ0) is 33.9. The number of benzene rings is 9. The summed E-state index contributed by atoms with van der Waals surface area (Å²) in [5, 5.41) is 15.7. The highest BCUT2D eigenvalue weighted by atomic mass is 14.9. The molecule has 1 nitrogen and oxygen atoms in total. The fraction of sp³-hybridized carbons (Fsp3) is 0.0196. The lowest BCUT2D eigenvalue weighted by Crippen LogP contribution is -1.88. The van der Waals surface area contributed by atoms with Crippen LogP contribution in [0.15, 0.2) is 176 Å². The van der Waals surface area contributed by atoms with Crippen molar-refractivity contribution in [1.82, 2.24) is 4.40 Å². The molecule has 0 aliphatic heterocycles. The second kappa shape index (κ2) is 10.4. The van der Waals surface area contributed by atoms with E-state index < -0.39 is 0 Å². The summed E-state index contributed by atoms with van der Waals surface area (Å²) < 4.78 is 2.54. The maximum absolute atomic E-state index is 2.54. The van der Waals surface area contributed by atoms with E-state index in [0.717, 1.165) is 6.42 Å². The number of hydrogen-bond acceptors (Lipinski definition) is 0. The van der Waals surface area contributed by atoms with Crippen molar-refractivity contribution in [3.8, 4) is 22.3 Å². The van der Waals surface area contributed by atoms with Gasteiger partial charge in [-0.15, -0.1) is 0 Å². The SMILES string of the molecule is c1cc(-c2ccc3c(c2)c2cccc4c5cccc6c5c5c(cccc5c5ccccc5n3c42)C6)cc(-c2cc3ccccc3c3ccccc23)c1. The van der Waals surface area contributed by atoms with Crippen LogP contribution < -0.4 is 0 Å². The fourth-order valence-corrected chi connectivity index (χ4v) is 9.51. The average Bonchev–Trinajstić information content (AvgIpc) is 3.77. The van der Waals surface area contributed by atoms with Crippen LogP contribution in [0, 0.1) is 0 Å². The zero-order valence-electron chi connectivity index (χ0n) is 28.4. The Labute approximate surface area is 300 Å². The molecule has 0 radical (unpaired) electrons. The Bertz CT molecular complexity index is 3380. The van der Waals surface area contributed by atoms with Crippen molar-refractivity contribution in [3.63, 3.8) is 0 Å². The van der Waals surface area contributed by atoms with Crippen molar-refractivity contribution >= 4 is 81.2 Å². The monoisotopic (exact) mass is 657 g/mol. The van der Waals surface area contributed by atoms with Gasteiger partial charge in [-0.25, -0.2) is 0 Å². The van der Waals surface area contributed by atoms with E-state index in [1.54, 1.807) is 0 Å². The summed E-state index contributed by atoms with van der Waals surface area (Å²) in [5.74, 6) is 0. The molecule has 0 fully saturated rings. The Morgan fingerprint density at radius 3 is 1.71 bits per heavy atom. The second-order valence-electron chi connectivity index (χ2n) is 14.4. The van der Waals surface area contributed by atoms with Gasteiger partial charge in [0.2, 0.25) is 0 Å². The first-order valence-corrected chi connectivity index (χ1v) is 18.2. The highest BCUT2D eigenvalue weighted by Crippen LogP contribution is 2.44. The van der Waals surface area contributed by atoms with Gasteiger partial charge in [0.25, 0.3) is 0 Å². The van der Waals surface area contributed by atoms with E-state index in [2.05, 4.69) is 180 Å². The molecule has 0 unspecified atom stereocenters. The van der Waals surface area contributed by atoms with Gasteiger partial charge < -0.3 is 4.40 Å². The van der Waals surface area contributed by atoms with E-state index in [4.69, 9.17) is 0 Å². The van der Waals surface area contributed by atoms with Gasteiger partial charge in [-0.2, -0.15) is 0 Å². The number of para-hydroxylation sites is 2. The van der Waals surface area contributed by atoms with Crippen LogP contribution in [-0.2, 0) is 6.42 Å². The molecule has 1 aliphatic carbocycles. The quantitative estimate of drug-likeness (QED) is 0.163. The molecule has 0 N–H and O–H groups in total. The van der Waals surface area contributed by atoms with Crippen molar-refractivity contribution in [1.29, 1.82) is 0 Å². The molecule has 0 saturated carbocycles. The predicted molar refractivity (Wildman–Crippen MR) is 222 cm³/mol. The summed E-state index contributed by atoms with van der Waals surface area (Å²) in [7, 11) is 0. The molecule has 12 rings (SSSR count). The minimum absolute atomic E-state index is 0.977. The number of rotatable bonds is 2. The van der Waals surface area contributed by atoms with E-state index in [9.17, 15) is 0 Å². The second-order valence-corrected chi connectivity index (χ2v) is 14.4. The number of aromatic nitrogens is 1. The van der Waals surface area contributed by atoms with E-state index in [0.29, 0.717) is 0 Å². The minimum atomic E-state index is 0.977. The van der Waals surface area contributed by atoms with Crippen molar-refractivity contribution in [2.75, 3.05) is 0 Å². The maximum Gasteiger partial charge on any atom is 0.0619 e. The molecule has 1 aliphatic rings. The first-order chi connectivity index (χ1) is 25.8. The molecule has 2 heterocycles. The lowest BCUT2D eigenvalue weighted by Gasteiger charge is -2.12. The highest BCUT2D eigenvalue weighted by Gasteiger charge is 2.21.